The maximum atomic E-state index is 12.9. The molecular formula is C23H40N3O2S+. The van der Waals surface area contributed by atoms with E-state index in [9.17, 15) is 8.42 Å². The van der Waals surface area contributed by atoms with Gasteiger partial charge in [-0.05, 0) is 49.0 Å². The third-order valence-electron chi connectivity index (χ3n) is 5.91. The summed E-state index contributed by atoms with van der Waals surface area (Å²) in [5, 5.41) is 3.72. The number of hydrogen-bond acceptors (Lipinski definition) is 4. The fourth-order valence-corrected chi connectivity index (χ4v) is 5.64. The lowest BCUT2D eigenvalue weighted by Gasteiger charge is -2.29. The predicted molar refractivity (Wildman–Crippen MR) is 120 cm³/mol. The van der Waals surface area contributed by atoms with Crippen molar-refractivity contribution >= 4 is 21.2 Å². The molecule has 2 rings (SSSR count). The van der Waals surface area contributed by atoms with Crippen LogP contribution in [0.1, 0.15) is 90.4 Å². The maximum Gasteiger partial charge on any atom is 0.180 e. The fourth-order valence-electron chi connectivity index (χ4n) is 4.10. The zero-order chi connectivity index (χ0) is 21.0. The highest BCUT2D eigenvalue weighted by Crippen LogP contribution is 2.31. The first-order valence-electron chi connectivity index (χ1n) is 11.6. The van der Waals surface area contributed by atoms with E-state index < -0.39 is 9.84 Å². The van der Waals surface area contributed by atoms with E-state index in [4.69, 9.17) is 5.53 Å². The van der Waals surface area contributed by atoms with Crippen molar-refractivity contribution < 1.29 is 13.9 Å². The second kappa shape index (κ2) is 13.0. The Morgan fingerprint density at radius 3 is 2.07 bits per heavy atom. The molecular weight excluding hydrogens is 382 g/mol. The van der Waals surface area contributed by atoms with Gasteiger partial charge in [-0.3, -0.25) is 0 Å². The Labute approximate surface area is 177 Å². The Bertz CT molecular complexity index is 713. The molecule has 6 heteroatoms. The molecule has 0 bridgehead atoms. The van der Waals surface area contributed by atoms with Gasteiger partial charge >= 0.3 is 0 Å². The molecule has 0 spiro atoms. The van der Waals surface area contributed by atoms with Crippen molar-refractivity contribution in [3.8, 4) is 0 Å². The van der Waals surface area contributed by atoms with Gasteiger partial charge in [0.2, 0.25) is 0 Å². The van der Waals surface area contributed by atoms with Crippen molar-refractivity contribution in [2.24, 2.45) is 5.11 Å². The van der Waals surface area contributed by atoms with Crippen molar-refractivity contribution in [2.75, 3.05) is 23.7 Å². The Morgan fingerprint density at radius 2 is 1.48 bits per heavy atom. The quantitative estimate of drug-likeness (QED) is 0.330. The first-order chi connectivity index (χ1) is 14.1. The van der Waals surface area contributed by atoms with Gasteiger partial charge in [-0.15, -0.1) is 0 Å². The van der Waals surface area contributed by atoms with E-state index >= 15 is 0 Å². The second-order valence-electron chi connectivity index (χ2n) is 8.33. The van der Waals surface area contributed by atoms with Crippen LogP contribution in [-0.2, 0) is 9.84 Å². The van der Waals surface area contributed by atoms with Crippen LogP contribution in [0.4, 0.5) is 11.4 Å². The van der Waals surface area contributed by atoms with Gasteiger partial charge in [0.25, 0.3) is 0 Å². The number of hydrogen-bond donors (Lipinski definition) is 1. The minimum Gasteiger partial charge on any atom is -0.372 e. The van der Waals surface area contributed by atoms with Gasteiger partial charge in [0.15, 0.2) is 9.84 Å². The Kier molecular flexibility index (Phi) is 10.7. The molecule has 0 atom stereocenters. The first kappa shape index (κ1) is 23.8. The van der Waals surface area contributed by atoms with Crippen molar-refractivity contribution in [3.05, 3.63) is 18.2 Å². The molecule has 1 aliphatic heterocycles. The minimum absolute atomic E-state index is 0.176. The molecule has 1 fully saturated rings. The maximum absolute atomic E-state index is 12.9. The lowest BCUT2D eigenvalue weighted by molar-refractivity contribution is -0.210. The molecule has 1 saturated heterocycles. The molecule has 0 saturated carbocycles. The van der Waals surface area contributed by atoms with E-state index in [1.807, 2.05) is 6.07 Å². The Balaban J connectivity index is 1.82. The molecule has 0 unspecified atom stereocenters. The minimum atomic E-state index is -3.37. The predicted octanol–water partition coefficient (Wildman–Crippen LogP) is 5.21. The average Bonchev–Trinajstić information content (AvgIpc) is 2.75. The highest BCUT2D eigenvalue weighted by atomic mass is 32.2. The SMILES string of the molecule is CCCCCCCCCCCCS(=O)(=O)c1cc(N2CCCCC2)ccc1N=[NH2+]. The standard InChI is InChI=1S/C23H39N3O2S/c1-2-3-4-5-6-7-8-9-10-14-19-29(27,28)23-20-21(15-16-22(23)25-24)26-17-12-11-13-18-26/h15-16,20,24H,2-14,17-19H2,1H3/p+1. The van der Waals surface area contributed by atoms with E-state index in [0.29, 0.717) is 17.0 Å². The zero-order valence-corrected chi connectivity index (χ0v) is 19.1. The number of sulfone groups is 1. The van der Waals surface area contributed by atoms with Gasteiger partial charge in [-0.1, -0.05) is 64.7 Å². The van der Waals surface area contributed by atoms with Gasteiger partial charge in [-0.25, -0.2) is 8.42 Å². The molecule has 1 aromatic carbocycles. The van der Waals surface area contributed by atoms with Gasteiger partial charge in [0, 0.05) is 18.8 Å². The number of nitrogens with zero attached hydrogens (tertiary/aromatic N) is 2. The van der Waals surface area contributed by atoms with Gasteiger partial charge in [-0.2, -0.15) is 5.53 Å². The third kappa shape index (κ3) is 8.07. The van der Waals surface area contributed by atoms with Crippen LogP contribution in [0.3, 0.4) is 0 Å². The summed E-state index contributed by atoms with van der Waals surface area (Å²) in [7, 11) is -3.37. The highest BCUT2D eigenvalue weighted by molar-refractivity contribution is 7.91. The average molecular weight is 423 g/mol. The molecule has 1 aliphatic rings. The number of rotatable bonds is 14. The highest BCUT2D eigenvalue weighted by Gasteiger charge is 2.22. The van der Waals surface area contributed by atoms with E-state index in [1.54, 1.807) is 12.1 Å². The van der Waals surface area contributed by atoms with Crippen LogP contribution < -0.4 is 10.4 Å². The molecule has 5 nitrogen and oxygen atoms in total. The Morgan fingerprint density at radius 1 is 0.897 bits per heavy atom. The van der Waals surface area contributed by atoms with Crippen molar-refractivity contribution in [1.82, 2.24) is 0 Å². The zero-order valence-electron chi connectivity index (χ0n) is 18.2. The van der Waals surface area contributed by atoms with Crippen molar-refractivity contribution in [2.45, 2.75) is 95.3 Å². The van der Waals surface area contributed by atoms with E-state index in [0.717, 1.165) is 44.5 Å². The summed E-state index contributed by atoms with van der Waals surface area (Å²) >= 11 is 0. The van der Waals surface area contributed by atoms with Crippen LogP contribution in [-0.4, -0.2) is 27.3 Å². The van der Waals surface area contributed by atoms with Crippen LogP contribution in [0.2, 0.25) is 0 Å². The Hall–Kier alpha value is -1.43. The summed E-state index contributed by atoms with van der Waals surface area (Å²) < 4.78 is 25.9. The van der Waals surface area contributed by atoms with Gasteiger partial charge < -0.3 is 4.90 Å². The molecule has 29 heavy (non-hydrogen) atoms. The summed E-state index contributed by atoms with van der Waals surface area (Å²) in [4.78, 5) is 2.56. The first-order valence-corrected chi connectivity index (χ1v) is 13.3. The molecule has 0 radical (unpaired) electrons. The summed E-state index contributed by atoms with van der Waals surface area (Å²) in [6.45, 7) is 4.21. The monoisotopic (exact) mass is 422 g/mol. The molecule has 2 N–H and O–H groups in total. The van der Waals surface area contributed by atoms with Crippen LogP contribution in [0.25, 0.3) is 0 Å². The van der Waals surface area contributed by atoms with E-state index in [2.05, 4.69) is 16.9 Å². The van der Waals surface area contributed by atoms with Crippen LogP contribution in [0.5, 0.6) is 0 Å². The van der Waals surface area contributed by atoms with Crippen LogP contribution in [0, 0.1) is 0 Å². The molecule has 1 heterocycles. The van der Waals surface area contributed by atoms with E-state index in [1.165, 1.54) is 51.4 Å². The van der Waals surface area contributed by atoms with Gasteiger partial charge in [0.05, 0.1) is 5.75 Å². The number of benzene rings is 1. The summed E-state index contributed by atoms with van der Waals surface area (Å²) in [6, 6.07) is 5.47. The topological polar surface area (TPSA) is 75.3 Å². The molecule has 0 aliphatic carbocycles. The number of piperidine rings is 1. The summed E-state index contributed by atoms with van der Waals surface area (Å²) in [6.07, 6.45) is 15.4. The van der Waals surface area contributed by atoms with Crippen molar-refractivity contribution in [1.29, 1.82) is 0 Å². The molecule has 0 amide bonds. The normalized spacial score (nSPS) is 14.9. The van der Waals surface area contributed by atoms with Crippen LogP contribution in [0.15, 0.2) is 28.2 Å². The molecule has 0 aromatic heterocycles. The van der Waals surface area contributed by atoms with Crippen LogP contribution >= 0.6 is 0 Å². The molecule has 164 valence electrons. The smallest absolute Gasteiger partial charge is 0.180 e. The lowest BCUT2D eigenvalue weighted by Crippen LogP contribution is -2.29. The second-order valence-corrected chi connectivity index (χ2v) is 10.4. The number of anilines is 1. The fraction of sp³-hybridized carbons (Fsp3) is 0.739. The van der Waals surface area contributed by atoms with E-state index in [-0.39, 0.29) is 5.75 Å². The summed E-state index contributed by atoms with van der Waals surface area (Å²) in [5.74, 6) is 0.176. The van der Waals surface area contributed by atoms with Gasteiger partial charge in [0.1, 0.15) is 10.6 Å². The third-order valence-corrected chi connectivity index (χ3v) is 7.73. The number of unbranched alkanes of at least 4 members (excludes halogenated alkanes) is 9. The largest absolute Gasteiger partial charge is 0.372 e. The van der Waals surface area contributed by atoms with Crippen molar-refractivity contribution in [3.63, 3.8) is 0 Å². The lowest BCUT2D eigenvalue weighted by atomic mass is 10.1. The number of nitrogens with two attached hydrogens (primary N) is 1. The molecule has 1 aromatic rings. The summed E-state index contributed by atoms with van der Waals surface area (Å²) in [5.41, 5.74) is 6.82.